The Morgan fingerprint density at radius 2 is 2.08 bits per heavy atom. The summed E-state index contributed by atoms with van der Waals surface area (Å²) in [4.78, 5) is 30.8. The van der Waals surface area contributed by atoms with Gasteiger partial charge in [0.2, 0.25) is 5.91 Å². The molecule has 4 rings (SSSR count). The third kappa shape index (κ3) is 3.16. The minimum Gasteiger partial charge on any atom is -0.336 e. The molecule has 2 unspecified atom stereocenters. The quantitative estimate of drug-likeness (QED) is 0.827. The number of nitrogens with zero attached hydrogens (tertiary/aromatic N) is 2. The average Bonchev–Trinajstić information content (AvgIpc) is 3.27. The number of carbonyl (C=O) groups excluding carboxylic acids is 2. The molecule has 1 aromatic heterocycles. The minimum absolute atomic E-state index is 0.104. The van der Waals surface area contributed by atoms with Crippen LogP contribution in [0.3, 0.4) is 0 Å². The fourth-order valence-electron chi connectivity index (χ4n) is 4.18. The second kappa shape index (κ2) is 7.18. The second-order valence-electron chi connectivity index (χ2n) is 6.99. The van der Waals surface area contributed by atoms with Gasteiger partial charge in [-0.15, -0.1) is 11.3 Å². The van der Waals surface area contributed by atoms with Crippen molar-refractivity contribution >= 4 is 34.8 Å². The molecule has 1 aromatic rings. The highest BCUT2D eigenvalue weighted by Gasteiger charge is 2.37. The van der Waals surface area contributed by atoms with Crippen molar-refractivity contribution in [3.05, 3.63) is 21.9 Å². The molecular weight excluding hydrogens is 340 g/mol. The van der Waals surface area contributed by atoms with E-state index in [0.717, 1.165) is 35.0 Å². The topological polar surface area (TPSA) is 40.6 Å². The molecule has 2 fully saturated rings. The number of rotatable bonds is 3. The molecule has 0 saturated carbocycles. The molecule has 1 aliphatic carbocycles. The van der Waals surface area contributed by atoms with E-state index in [0.29, 0.717) is 18.9 Å². The predicted octanol–water partition coefficient (Wildman–Crippen LogP) is 2.85. The van der Waals surface area contributed by atoms with Gasteiger partial charge in [0.05, 0.1) is 16.8 Å². The van der Waals surface area contributed by atoms with Crippen LogP contribution in [-0.2, 0) is 4.79 Å². The van der Waals surface area contributed by atoms with Gasteiger partial charge in [0.15, 0.2) is 5.78 Å². The standard InChI is InChI=1S/C18H24N2O2S2/c21-16-4-3-15(14-5-9-24-17(14)16)18(22)20-8-10-23-12-13(20)11-19-6-1-2-7-19/h5,9,13,15H,1-4,6-8,10-12H2. The fraction of sp³-hybridized carbons (Fsp3) is 0.667. The number of fused-ring (bicyclic) bond motifs is 1. The van der Waals surface area contributed by atoms with E-state index in [2.05, 4.69) is 9.80 Å². The van der Waals surface area contributed by atoms with Crippen molar-refractivity contribution in [1.82, 2.24) is 9.80 Å². The number of carbonyl (C=O) groups is 2. The number of thioether (sulfide) groups is 1. The highest BCUT2D eigenvalue weighted by Crippen LogP contribution is 2.37. The smallest absolute Gasteiger partial charge is 0.230 e. The zero-order valence-electron chi connectivity index (χ0n) is 13.9. The van der Waals surface area contributed by atoms with Crippen LogP contribution in [-0.4, -0.2) is 65.2 Å². The molecule has 0 bridgehead atoms. The number of likely N-dealkylation sites (tertiary alicyclic amines) is 1. The van der Waals surface area contributed by atoms with Gasteiger partial charge in [-0.25, -0.2) is 0 Å². The first kappa shape index (κ1) is 16.6. The zero-order valence-corrected chi connectivity index (χ0v) is 15.5. The van der Waals surface area contributed by atoms with Crippen LogP contribution in [0.15, 0.2) is 11.4 Å². The predicted molar refractivity (Wildman–Crippen MR) is 99.1 cm³/mol. The second-order valence-corrected chi connectivity index (χ2v) is 9.05. The SMILES string of the molecule is O=C1CCC(C(=O)N2CCSCC2CN2CCCC2)c2ccsc21. The number of amides is 1. The lowest BCUT2D eigenvalue weighted by atomic mass is 9.85. The van der Waals surface area contributed by atoms with Crippen molar-refractivity contribution in [2.45, 2.75) is 37.6 Å². The van der Waals surface area contributed by atoms with Crippen molar-refractivity contribution < 1.29 is 9.59 Å². The molecule has 2 aliphatic heterocycles. The summed E-state index contributed by atoms with van der Waals surface area (Å²) < 4.78 is 0. The Hall–Kier alpha value is -0.850. The lowest BCUT2D eigenvalue weighted by molar-refractivity contribution is -0.135. The van der Waals surface area contributed by atoms with Crippen LogP contribution < -0.4 is 0 Å². The molecule has 0 radical (unpaired) electrons. The maximum absolute atomic E-state index is 13.3. The summed E-state index contributed by atoms with van der Waals surface area (Å²) in [5, 5.41) is 1.96. The van der Waals surface area contributed by atoms with Crippen LogP contribution in [0.2, 0.25) is 0 Å². The molecule has 6 heteroatoms. The van der Waals surface area contributed by atoms with Crippen molar-refractivity contribution in [1.29, 1.82) is 0 Å². The lowest BCUT2D eigenvalue weighted by Crippen LogP contribution is -2.52. The average molecular weight is 365 g/mol. The Bertz CT molecular complexity index is 624. The number of ketones is 1. The monoisotopic (exact) mass is 364 g/mol. The van der Waals surface area contributed by atoms with Gasteiger partial charge in [-0.1, -0.05) is 0 Å². The molecule has 2 saturated heterocycles. The number of hydrogen-bond donors (Lipinski definition) is 0. The summed E-state index contributed by atoms with van der Waals surface area (Å²) in [6, 6.07) is 2.32. The van der Waals surface area contributed by atoms with Crippen LogP contribution in [0.1, 0.15) is 46.8 Å². The van der Waals surface area contributed by atoms with Crippen molar-refractivity contribution in [2.24, 2.45) is 0 Å². The normalized spacial score (nSPS) is 28.2. The molecular formula is C18H24N2O2S2. The first-order valence-corrected chi connectivity index (χ1v) is 11.0. The van der Waals surface area contributed by atoms with Gasteiger partial charge in [0.1, 0.15) is 0 Å². The van der Waals surface area contributed by atoms with Crippen LogP contribution in [0.4, 0.5) is 0 Å². The van der Waals surface area contributed by atoms with E-state index in [1.165, 1.54) is 37.3 Å². The van der Waals surface area contributed by atoms with E-state index in [-0.39, 0.29) is 17.6 Å². The van der Waals surface area contributed by atoms with Gasteiger partial charge in [-0.3, -0.25) is 9.59 Å². The summed E-state index contributed by atoms with van der Waals surface area (Å²) in [5.41, 5.74) is 0.986. The molecule has 3 heterocycles. The Kier molecular flexibility index (Phi) is 4.97. The van der Waals surface area contributed by atoms with Crippen LogP contribution in [0.5, 0.6) is 0 Å². The van der Waals surface area contributed by atoms with Gasteiger partial charge >= 0.3 is 0 Å². The van der Waals surface area contributed by atoms with Gasteiger partial charge in [-0.05, 0) is 49.4 Å². The Morgan fingerprint density at radius 3 is 2.92 bits per heavy atom. The van der Waals surface area contributed by atoms with Crippen molar-refractivity contribution in [3.63, 3.8) is 0 Å². The summed E-state index contributed by atoms with van der Waals surface area (Å²) in [6.45, 7) is 4.22. The van der Waals surface area contributed by atoms with Crippen molar-refractivity contribution in [3.8, 4) is 0 Å². The lowest BCUT2D eigenvalue weighted by Gasteiger charge is -2.40. The third-order valence-corrected chi connectivity index (χ3v) is 7.52. The molecule has 0 aromatic carbocycles. The van der Waals surface area contributed by atoms with E-state index in [1.807, 2.05) is 23.2 Å². The molecule has 130 valence electrons. The van der Waals surface area contributed by atoms with E-state index in [9.17, 15) is 9.59 Å². The highest BCUT2D eigenvalue weighted by atomic mass is 32.2. The molecule has 2 atom stereocenters. The molecule has 3 aliphatic rings. The maximum atomic E-state index is 13.3. The number of Topliss-reactive ketones (excluding diaryl/α,β-unsaturated/α-hetero) is 1. The van der Waals surface area contributed by atoms with Gasteiger partial charge < -0.3 is 9.80 Å². The van der Waals surface area contributed by atoms with E-state index < -0.39 is 0 Å². The molecule has 1 amide bonds. The first-order valence-electron chi connectivity index (χ1n) is 8.95. The summed E-state index contributed by atoms with van der Waals surface area (Å²) >= 11 is 3.46. The molecule has 4 nitrogen and oxygen atoms in total. The summed E-state index contributed by atoms with van der Waals surface area (Å²) in [6.07, 6.45) is 3.78. The van der Waals surface area contributed by atoms with Crippen molar-refractivity contribution in [2.75, 3.05) is 37.7 Å². The van der Waals surface area contributed by atoms with E-state index in [4.69, 9.17) is 0 Å². The van der Waals surface area contributed by atoms with Gasteiger partial charge in [0.25, 0.3) is 0 Å². The zero-order chi connectivity index (χ0) is 16.5. The number of hydrogen-bond acceptors (Lipinski definition) is 5. The minimum atomic E-state index is -0.104. The molecule has 24 heavy (non-hydrogen) atoms. The van der Waals surface area contributed by atoms with Gasteiger partial charge in [-0.2, -0.15) is 11.8 Å². The number of thiophene rings is 1. The summed E-state index contributed by atoms with van der Waals surface area (Å²) in [7, 11) is 0. The fourth-order valence-corrected chi connectivity index (χ4v) is 6.16. The maximum Gasteiger partial charge on any atom is 0.230 e. The summed E-state index contributed by atoms with van der Waals surface area (Å²) in [5.74, 6) is 2.45. The van der Waals surface area contributed by atoms with Crippen LogP contribution >= 0.6 is 23.1 Å². The third-order valence-electron chi connectivity index (χ3n) is 5.46. The molecule has 0 spiro atoms. The van der Waals surface area contributed by atoms with E-state index >= 15 is 0 Å². The molecule has 0 N–H and O–H groups in total. The Labute approximate surface area is 151 Å². The van der Waals surface area contributed by atoms with E-state index in [1.54, 1.807) is 0 Å². The van der Waals surface area contributed by atoms with Crippen LogP contribution in [0, 0.1) is 0 Å². The first-order chi connectivity index (χ1) is 11.7. The highest BCUT2D eigenvalue weighted by molar-refractivity contribution is 7.99. The Morgan fingerprint density at radius 1 is 1.25 bits per heavy atom. The van der Waals surface area contributed by atoms with Crippen LogP contribution in [0.25, 0.3) is 0 Å². The Balaban J connectivity index is 1.51. The largest absolute Gasteiger partial charge is 0.336 e. The van der Waals surface area contributed by atoms with Gasteiger partial charge in [0, 0.05) is 31.0 Å².